The van der Waals surface area contributed by atoms with Crippen molar-refractivity contribution in [1.29, 1.82) is 5.26 Å². The molecule has 0 spiro atoms. The Kier molecular flexibility index (Phi) is 4.57. The maximum Gasteiger partial charge on any atom is 0.157 e. The molecule has 3 heterocycles. The quantitative estimate of drug-likeness (QED) is 0.411. The number of nitrogens with one attached hydrogen (secondary N) is 2. The lowest BCUT2D eigenvalue weighted by molar-refractivity contribution is 0.885. The first kappa shape index (κ1) is 18.8. The molecule has 3 aromatic heterocycles. The molecule has 0 radical (unpaired) electrons. The second-order valence-electron chi connectivity index (χ2n) is 7.58. The largest absolute Gasteiger partial charge is 0.377 e. The molecule has 0 aliphatic carbocycles. The molecule has 0 bridgehead atoms. The number of pyridine rings is 2. The molecule has 0 saturated carbocycles. The number of aromatic nitrogens is 4. The normalized spacial score (nSPS) is 12.0. The van der Waals surface area contributed by atoms with Crippen LogP contribution in [0, 0.1) is 18.3 Å². The molecule has 0 fully saturated rings. The van der Waals surface area contributed by atoms with E-state index in [0.717, 1.165) is 50.3 Å². The summed E-state index contributed by atoms with van der Waals surface area (Å²) in [5, 5.41) is 14.2. The molecule has 0 aliphatic rings. The van der Waals surface area contributed by atoms with Gasteiger partial charge < -0.3 is 10.3 Å². The molecule has 2 aromatic carbocycles. The van der Waals surface area contributed by atoms with Gasteiger partial charge in [0.2, 0.25) is 0 Å². The number of nitriles is 1. The van der Waals surface area contributed by atoms with Crippen LogP contribution in [-0.2, 0) is 0 Å². The fourth-order valence-corrected chi connectivity index (χ4v) is 3.83. The van der Waals surface area contributed by atoms with Gasteiger partial charge in [0.05, 0.1) is 16.8 Å². The number of nitrogens with zero attached hydrogens (tertiary/aromatic N) is 4. The zero-order valence-electron chi connectivity index (χ0n) is 17.2. The van der Waals surface area contributed by atoms with Gasteiger partial charge in [-0.3, -0.25) is 4.98 Å². The summed E-state index contributed by atoms with van der Waals surface area (Å²) in [7, 11) is 0. The second-order valence-corrected chi connectivity index (χ2v) is 7.58. The zero-order valence-corrected chi connectivity index (χ0v) is 17.2. The minimum Gasteiger partial charge on any atom is -0.377 e. The van der Waals surface area contributed by atoms with Crippen LogP contribution in [0.1, 0.15) is 29.9 Å². The summed E-state index contributed by atoms with van der Waals surface area (Å²) < 4.78 is 0. The number of hydrogen-bond acceptors (Lipinski definition) is 5. The van der Waals surface area contributed by atoms with Crippen LogP contribution in [0.25, 0.3) is 33.2 Å². The van der Waals surface area contributed by atoms with Gasteiger partial charge in [-0.1, -0.05) is 36.4 Å². The summed E-state index contributed by atoms with van der Waals surface area (Å²) in [6, 6.07) is 20.6. The number of H-pyrrole nitrogens is 1. The summed E-state index contributed by atoms with van der Waals surface area (Å²) in [5.74, 6) is 0.836. The van der Waals surface area contributed by atoms with Gasteiger partial charge in [-0.05, 0) is 43.2 Å². The monoisotopic (exact) mass is 404 g/mol. The summed E-state index contributed by atoms with van der Waals surface area (Å²) in [6.07, 6.45) is 3.46. The molecule has 0 saturated heterocycles. The molecular weight excluding hydrogens is 384 g/mol. The molecule has 1 unspecified atom stereocenters. The summed E-state index contributed by atoms with van der Waals surface area (Å²) >= 11 is 0. The highest BCUT2D eigenvalue weighted by molar-refractivity contribution is 5.97. The summed E-state index contributed by atoms with van der Waals surface area (Å²) in [4.78, 5) is 16.6. The second kappa shape index (κ2) is 7.54. The van der Waals surface area contributed by atoms with E-state index < -0.39 is 0 Å². The first-order chi connectivity index (χ1) is 15.1. The molecule has 2 N–H and O–H groups in total. The average molecular weight is 404 g/mol. The topological polar surface area (TPSA) is 90.3 Å². The van der Waals surface area contributed by atoms with E-state index in [2.05, 4.69) is 56.4 Å². The van der Waals surface area contributed by atoms with Crippen molar-refractivity contribution >= 4 is 27.8 Å². The average Bonchev–Trinajstić information content (AvgIpc) is 3.18. The van der Waals surface area contributed by atoms with Crippen LogP contribution in [-0.4, -0.2) is 19.9 Å². The molecule has 31 heavy (non-hydrogen) atoms. The van der Waals surface area contributed by atoms with E-state index in [1.54, 1.807) is 6.20 Å². The lowest BCUT2D eigenvalue weighted by atomic mass is 10.0. The Morgan fingerprint density at radius 2 is 1.81 bits per heavy atom. The Bertz CT molecular complexity index is 1450. The lowest BCUT2D eigenvalue weighted by Crippen LogP contribution is -2.08. The van der Waals surface area contributed by atoms with E-state index in [1.165, 1.54) is 0 Å². The highest BCUT2D eigenvalue weighted by Gasteiger charge is 2.14. The van der Waals surface area contributed by atoms with Crippen LogP contribution in [0.15, 0.2) is 67.0 Å². The van der Waals surface area contributed by atoms with Crippen molar-refractivity contribution in [3.05, 3.63) is 83.9 Å². The van der Waals surface area contributed by atoms with E-state index in [-0.39, 0.29) is 6.04 Å². The van der Waals surface area contributed by atoms with E-state index in [4.69, 9.17) is 0 Å². The number of fused-ring (bicyclic) bond motifs is 2. The van der Waals surface area contributed by atoms with Crippen molar-refractivity contribution in [1.82, 2.24) is 19.9 Å². The standard InChI is InChI=1S/C25H20N6/c1-15(17-6-4-3-5-7-17)29-24-20(12-26)14-27-22-9-8-18(10-21(22)24)19-11-23-25(28-13-19)31-16(2)30-23/h3-11,13-15H,1-2H3,(H,27,29)(H,28,30,31). The first-order valence-electron chi connectivity index (χ1n) is 10.1. The predicted molar refractivity (Wildman–Crippen MR) is 123 cm³/mol. The predicted octanol–water partition coefficient (Wildman–Crippen LogP) is 5.53. The molecule has 1 atom stereocenters. The highest BCUT2D eigenvalue weighted by Crippen LogP contribution is 2.33. The molecule has 150 valence electrons. The van der Waals surface area contributed by atoms with Crippen molar-refractivity contribution in [2.45, 2.75) is 19.9 Å². The molecule has 0 amide bonds. The number of aromatic amines is 1. The third-order valence-electron chi connectivity index (χ3n) is 5.44. The third kappa shape index (κ3) is 3.47. The minimum absolute atomic E-state index is 0.0348. The maximum atomic E-state index is 9.72. The Balaban J connectivity index is 1.62. The molecule has 0 aliphatic heterocycles. The number of imidazole rings is 1. The molecule has 5 rings (SSSR count). The van der Waals surface area contributed by atoms with E-state index in [1.807, 2.05) is 49.5 Å². The van der Waals surface area contributed by atoms with Gasteiger partial charge in [0.1, 0.15) is 17.4 Å². The molecule has 6 heteroatoms. The fraction of sp³-hybridized carbons (Fsp3) is 0.120. The van der Waals surface area contributed by atoms with E-state index >= 15 is 0 Å². The first-order valence-corrected chi connectivity index (χ1v) is 10.1. The molecule has 5 aromatic rings. The van der Waals surface area contributed by atoms with Gasteiger partial charge in [-0.15, -0.1) is 0 Å². The van der Waals surface area contributed by atoms with Gasteiger partial charge in [0.15, 0.2) is 5.65 Å². The van der Waals surface area contributed by atoms with Crippen LogP contribution in [0.5, 0.6) is 0 Å². The van der Waals surface area contributed by atoms with Crippen molar-refractivity contribution in [2.75, 3.05) is 5.32 Å². The molecular formula is C25H20N6. The van der Waals surface area contributed by atoms with Crippen LogP contribution in [0.2, 0.25) is 0 Å². The Morgan fingerprint density at radius 1 is 0.968 bits per heavy atom. The van der Waals surface area contributed by atoms with Crippen LogP contribution >= 0.6 is 0 Å². The van der Waals surface area contributed by atoms with Gasteiger partial charge in [0.25, 0.3) is 0 Å². The Morgan fingerprint density at radius 3 is 2.61 bits per heavy atom. The number of hydrogen-bond donors (Lipinski definition) is 2. The van der Waals surface area contributed by atoms with Gasteiger partial charge in [0, 0.05) is 29.4 Å². The Hall–Kier alpha value is -4.24. The Labute approximate surface area is 179 Å². The van der Waals surface area contributed by atoms with Crippen LogP contribution in [0.4, 0.5) is 5.69 Å². The van der Waals surface area contributed by atoms with E-state index in [0.29, 0.717) is 5.56 Å². The summed E-state index contributed by atoms with van der Waals surface area (Å²) in [6.45, 7) is 4.00. The maximum absolute atomic E-state index is 9.72. The molecule has 6 nitrogen and oxygen atoms in total. The minimum atomic E-state index is 0.0348. The SMILES string of the molecule is Cc1nc2cc(-c3ccc4ncc(C#N)c(NC(C)c5ccccc5)c4c3)cnc2[nH]1. The van der Waals surface area contributed by atoms with E-state index in [9.17, 15) is 5.26 Å². The van der Waals surface area contributed by atoms with Gasteiger partial charge >= 0.3 is 0 Å². The lowest BCUT2D eigenvalue weighted by Gasteiger charge is -2.18. The number of benzene rings is 2. The highest BCUT2D eigenvalue weighted by atomic mass is 15.0. The van der Waals surface area contributed by atoms with Gasteiger partial charge in [-0.25, -0.2) is 9.97 Å². The van der Waals surface area contributed by atoms with Crippen LogP contribution in [0.3, 0.4) is 0 Å². The van der Waals surface area contributed by atoms with Crippen molar-refractivity contribution in [3.63, 3.8) is 0 Å². The van der Waals surface area contributed by atoms with Crippen molar-refractivity contribution in [2.24, 2.45) is 0 Å². The van der Waals surface area contributed by atoms with Crippen LogP contribution < -0.4 is 5.32 Å². The summed E-state index contributed by atoms with van der Waals surface area (Å²) in [5.41, 5.74) is 6.84. The van der Waals surface area contributed by atoms with Crippen molar-refractivity contribution < 1.29 is 0 Å². The smallest absolute Gasteiger partial charge is 0.157 e. The number of anilines is 1. The number of rotatable bonds is 4. The fourth-order valence-electron chi connectivity index (χ4n) is 3.83. The van der Waals surface area contributed by atoms with Gasteiger partial charge in [-0.2, -0.15) is 5.26 Å². The number of aryl methyl sites for hydroxylation is 1. The third-order valence-corrected chi connectivity index (χ3v) is 5.44. The van der Waals surface area contributed by atoms with Crippen molar-refractivity contribution in [3.8, 4) is 17.2 Å². The zero-order chi connectivity index (χ0) is 21.4.